The van der Waals surface area contributed by atoms with Crippen LogP contribution in [0.3, 0.4) is 0 Å². The minimum absolute atomic E-state index is 0.156. The van der Waals surface area contributed by atoms with Crippen LogP contribution in [0.5, 0.6) is 0 Å². The standard InChI is InChI=1S/C21H24BrF3N2O2S/c1-13-11-14(2)20(27-9-5-4-6-10-27)15(3)19(13)26-30(28,29)18-8-7-16(22)12-17(18)21(23,24)25/h7-8,11-12,26H,4-6,9-10H2,1-3H3. The van der Waals surface area contributed by atoms with Gasteiger partial charge < -0.3 is 4.90 Å². The molecule has 2 aromatic carbocycles. The molecule has 9 heteroatoms. The van der Waals surface area contributed by atoms with E-state index in [1.54, 1.807) is 6.92 Å². The fraction of sp³-hybridized carbons (Fsp3) is 0.429. The van der Waals surface area contributed by atoms with Crippen molar-refractivity contribution in [3.63, 3.8) is 0 Å². The lowest BCUT2D eigenvalue weighted by Crippen LogP contribution is -2.31. The molecule has 0 aromatic heterocycles. The summed E-state index contributed by atoms with van der Waals surface area (Å²) in [5.41, 5.74) is 2.49. The summed E-state index contributed by atoms with van der Waals surface area (Å²) in [7, 11) is -4.46. The molecular formula is C21H24BrF3N2O2S. The van der Waals surface area contributed by atoms with Crippen LogP contribution in [0.1, 0.15) is 41.5 Å². The fourth-order valence-corrected chi connectivity index (χ4v) is 5.85. The van der Waals surface area contributed by atoms with E-state index in [1.807, 2.05) is 19.9 Å². The number of anilines is 2. The molecule has 30 heavy (non-hydrogen) atoms. The Hall–Kier alpha value is -1.74. The predicted molar refractivity (Wildman–Crippen MR) is 117 cm³/mol. The number of piperidine rings is 1. The van der Waals surface area contributed by atoms with Gasteiger partial charge in [0.25, 0.3) is 10.0 Å². The van der Waals surface area contributed by atoms with E-state index in [2.05, 4.69) is 25.6 Å². The number of benzene rings is 2. The third kappa shape index (κ3) is 4.61. The topological polar surface area (TPSA) is 49.4 Å². The summed E-state index contributed by atoms with van der Waals surface area (Å²) >= 11 is 2.99. The Morgan fingerprint density at radius 2 is 1.63 bits per heavy atom. The molecule has 0 aliphatic carbocycles. The Balaban J connectivity index is 2.08. The van der Waals surface area contributed by atoms with Crippen LogP contribution in [0.15, 0.2) is 33.6 Å². The molecule has 1 N–H and O–H groups in total. The zero-order valence-electron chi connectivity index (χ0n) is 17.0. The first kappa shape index (κ1) is 22.9. The lowest BCUT2D eigenvalue weighted by molar-refractivity contribution is -0.139. The quantitative estimate of drug-likeness (QED) is 0.540. The molecule has 1 aliphatic heterocycles. The SMILES string of the molecule is Cc1cc(C)c(N2CCCCC2)c(C)c1NS(=O)(=O)c1ccc(Br)cc1C(F)(F)F. The first-order chi connectivity index (χ1) is 13.9. The van der Waals surface area contributed by atoms with Crippen molar-refractivity contribution in [2.75, 3.05) is 22.7 Å². The lowest BCUT2D eigenvalue weighted by atomic mass is 9.99. The van der Waals surface area contributed by atoms with Crippen LogP contribution in [0.2, 0.25) is 0 Å². The summed E-state index contributed by atoms with van der Waals surface area (Å²) in [5.74, 6) is 0. The van der Waals surface area contributed by atoms with Crippen LogP contribution in [-0.4, -0.2) is 21.5 Å². The van der Waals surface area contributed by atoms with E-state index in [0.29, 0.717) is 11.3 Å². The zero-order valence-corrected chi connectivity index (χ0v) is 19.4. The van der Waals surface area contributed by atoms with Gasteiger partial charge in [0, 0.05) is 23.2 Å². The first-order valence-corrected chi connectivity index (χ1v) is 11.9. The minimum atomic E-state index is -4.80. The largest absolute Gasteiger partial charge is 0.417 e. The van der Waals surface area contributed by atoms with Crippen molar-refractivity contribution in [3.05, 3.63) is 51.0 Å². The summed E-state index contributed by atoms with van der Waals surface area (Å²) in [4.78, 5) is 1.43. The summed E-state index contributed by atoms with van der Waals surface area (Å²) in [5, 5.41) is 0. The molecule has 0 amide bonds. The van der Waals surface area contributed by atoms with Crippen LogP contribution >= 0.6 is 15.9 Å². The maximum atomic E-state index is 13.5. The molecule has 1 aliphatic rings. The Morgan fingerprint density at radius 1 is 1.00 bits per heavy atom. The molecule has 1 heterocycles. The Morgan fingerprint density at radius 3 is 2.23 bits per heavy atom. The van der Waals surface area contributed by atoms with Crippen LogP contribution < -0.4 is 9.62 Å². The number of nitrogens with zero attached hydrogens (tertiary/aromatic N) is 1. The molecule has 0 bridgehead atoms. The second-order valence-electron chi connectivity index (χ2n) is 7.65. The van der Waals surface area contributed by atoms with Crippen LogP contribution in [0.4, 0.5) is 24.5 Å². The van der Waals surface area contributed by atoms with Gasteiger partial charge in [0.2, 0.25) is 0 Å². The molecule has 1 fully saturated rings. The smallest absolute Gasteiger partial charge is 0.371 e. The normalized spacial score (nSPS) is 15.4. The second-order valence-corrected chi connectivity index (χ2v) is 10.2. The zero-order chi connectivity index (χ0) is 22.3. The molecule has 3 rings (SSSR count). The number of hydrogen-bond donors (Lipinski definition) is 1. The maximum Gasteiger partial charge on any atom is 0.417 e. The average molecular weight is 505 g/mol. The number of halogens is 4. The Kier molecular flexibility index (Phi) is 6.43. The van der Waals surface area contributed by atoms with Gasteiger partial charge in [-0.3, -0.25) is 4.72 Å². The number of sulfonamides is 1. The summed E-state index contributed by atoms with van der Waals surface area (Å²) < 4.78 is 69.1. The monoisotopic (exact) mass is 504 g/mol. The van der Waals surface area contributed by atoms with Gasteiger partial charge in [-0.25, -0.2) is 8.42 Å². The minimum Gasteiger partial charge on any atom is -0.371 e. The fourth-order valence-electron chi connectivity index (χ4n) is 4.08. The highest BCUT2D eigenvalue weighted by atomic mass is 79.9. The molecule has 4 nitrogen and oxygen atoms in total. The van der Waals surface area contributed by atoms with Crippen LogP contribution in [0, 0.1) is 20.8 Å². The second kappa shape index (κ2) is 8.42. The van der Waals surface area contributed by atoms with Crippen molar-refractivity contribution in [2.45, 2.75) is 51.1 Å². The molecule has 0 atom stereocenters. The van der Waals surface area contributed by atoms with Crippen molar-refractivity contribution in [1.29, 1.82) is 0 Å². The van der Waals surface area contributed by atoms with Crippen molar-refractivity contribution in [1.82, 2.24) is 0 Å². The summed E-state index contributed by atoms with van der Waals surface area (Å²) in [6.07, 6.45) is -1.53. The maximum absolute atomic E-state index is 13.5. The Labute approximate surface area is 183 Å². The number of alkyl halides is 3. The van der Waals surface area contributed by atoms with Crippen molar-refractivity contribution in [2.24, 2.45) is 0 Å². The molecule has 164 valence electrons. The van der Waals surface area contributed by atoms with Gasteiger partial charge in [-0.1, -0.05) is 22.0 Å². The highest BCUT2D eigenvalue weighted by Gasteiger charge is 2.37. The van der Waals surface area contributed by atoms with Crippen molar-refractivity contribution >= 4 is 37.3 Å². The molecule has 2 aromatic rings. The van der Waals surface area contributed by atoms with Crippen molar-refractivity contribution in [3.8, 4) is 0 Å². The molecule has 1 saturated heterocycles. The van der Waals surface area contributed by atoms with Gasteiger partial charge in [-0.15, -0.1) is 0 Å². The van der Waals surface area contributed by atoms with E-state index in [1.165, 1.54) is 6.07 Å². The Bertz CT molecular complexity index is 1060. The first-order valence-electron chi connectivity index (χ1n) is 9.67. The average Bonchev–Trinajstić information content (AvgIpc) is 2.65. The summed E-state index contributed by atoms with van der Waals surface area (Å²) in [6, 6.07) is 4.92. The molecule has 0 saturated carbocycles. The highest BCUT2D eigenvalue weighted by Crippen LogP contribution is 2.39. The number of rotatable bonds is 4. The lowest BCUT2D eigenvalue weighted by Gasteiger charge is -2.33. The van der Waals surface area contributed by atoms with Gasteiger partial charge in [0.1, 0.15) is 0 Å². The molecule has 0 unspecified atom stereocenters. The van der Waals surface area contributed by atoms with E-state index in [-0.39, 0.29) is 4.47 Å². The predicted octanol–water partition coefficient (Wildman–Crippen LogP) is 6.18. The van der Waals surface area contributed by atoms with Crippen molar-refractivity contribution < 1.29 is 21.6 Å². The third-order valence-corrected chi connectivity index (χ3v) is 7.28. The number of nitrogens with one attached hydrogen (secondary N) is 1. The molecular weight excluding hydrogens is 481 g/mol. The van der Waals surface area contributed by atoms with E-state index >= 15 is 0 Å². The van der Waals surface area contributed by atoms with Gasteiger partial charge >= 0.3 is 6.18 Å². The van der Waals surface area contributed by atoms with Gasteiger partial charge in [0.15, 0.2) is 0 Å². The van der Waals surface area contributed by atoms with E-state index in [9.17, 15) is 21.6 Å². The van der Waals surface area contributed by atoms with Crippen LogP contribution in [-0.2, 0) is 16.2 Å². The van der Waals surface area contributed by atoms with E-state index in [0.717, 1.165) is 61.3 Å². The molecule has 0 spiro atoms. The number of aryl methyl sites for hydroxylation is 2. The number of hydrogen-bond acceptors (Lipinski definition) is 3. The third-order valence-electron chi connectivity index (χ3n) is 5.38. The van der Waals surface area contributed by atoms with Gasteiger partial charge in [-0.2, -0.15) is 13.2 Å². The van der Waals surface area contributed by atoms with E-state index in [4.69, 9.17) is 0 Å². The van der Waals surface area contributed by atoms with Crippen LogP contribution in [0.25, 0.3) is 0 Å². The highest BCUT2D eigenvalue weighted by molar-refractivity contribution is 9.10. The van der Waals surface area contributed by atoms with E-state index < -0.39 is 26.7 Å². The van der Waals surface area contributed by atoms with Gasteiger partial charge in [-0.05, 0) is 74.9 Å². The van der Waals surface area contributed by atoms with Gasteiger partial charge in [0.05, 0.1) is 16.1 Å². The summed E-state index contributed by atoms with van der Waals surface area (Å²) in [6.45, 7) is 7.29. The molecule has 0 radical (unpaired) electrons.